The number of hydrogen-bond donors (Lipinski definition) is 0. The summed E-state index contributed by atoms with van der Waals surface area (Å²) in [5, 5.41) is 2.01. The summed E-state index contributed by atoms with van der Waals surface area (Å²) >= 11 is 6.26. The Labute approximate surface area is 225 Å². The Morgan fingerprint density at radius 1 is 0.919 bits per heavy atom. The SMILES string of the molecule is Cc1c(C2CCN(S(=O)(=O)c3ccc(CC(C)C)cc3)CC2)c2ccccc2n1Cc1cccc(Cl)c1. The Balaban J connectivity index is 1.37. The van der Waals surface area contributed by atoms with E-state index in [9.17, 15) is 8.42 Å². The topological polar surface area (TPSA) is 42.3 Å². The van der Waals surface area contributed by atoms with E-state index >= 15 is 0 Å². The van der Waals surface area contributed by atoms with Gasteiger partial charge in [0, 0.05) is 41.3 Å². The summed E-state index contributed by atoms with van der Waals surface area (Å²) in [6, 6.07) is 24.0. The molecule has 0 unspecified atom stereocenters. The lowest BCUT2D eigenvalue weighted by molar-refractivity contribution is 0.319. The van der Waals surface area contributed by atoms with Crippen LogP contribution in [0.2, 0.25) is 5.02 Å². The maximum absolute atomic E-state index is 13.4. The highest BCUT2D eigenvalue weighted by atomic mass is 35.5. The number of benzene rings is 3. The van der Waals surface area contributed by atoms with Gasteiger partial charge in [0.25, 0.3) is 0 Å². The van der Waals surface area contributed by atoms with Crippen molar-refractivity contribution in [2.75, 3.05) is 13.1 Å². The van der Waals surface area contributed by atoms with Crippen LogP contribution < -0.4 is 0 Å². The van der Waals surface area contributed by atoms with Crippen molar-refractivity contribution >= 4 is 32.5 Å². The van der Waals surface area contributed by atoms with E-state index in [1.165, 1.54) is 33.3 Å². The van der Waals surface area contributed by atoms with Crippen molar-refractivity contribution in [3.8, 4) is 0 Å². The number of fused-ring (bicyclic) bond motifs is 1. The van der Waals surface area contributed by atoms with Crippen molar-refractivity contribution in [1.29, 1.82) is 0 Å². The first-order valence-electron chi connectivity index (χ1n) is 13.2. The van der Waals surface area contributed by atoms with Gasteiger partial charge >= 0.3 is 0 Å². The molecule has 1 fully saturated rings. The molecule has 1 aliphatic rings. The minimum absolute atomic E-state index is 0.324. The molecule has 5 rings (SSSR count). The van der Waals surface area contributed by atoms with E-state index in [0.29, 0.717) is 29.8 Å². The largest absolute Gasteiger partial charge is 0.340 e. The van der Waals surface area contributed by atoms with Gasteiger partial charge in [0.05, 0.1) is 4.90 Å². The van der Waals surface area contributed by atoms with Crippen molar-refractivity contribution in [1.82, 2.24) is 8.87 Å². The van der Waals surface area contributed by atoms with E-state index in [1.807, 2.05) is 30.3 Å². The summed E-state index contributed by atoms with van der Waals surface area (Å²) in [5.41, 5.74) is 6.17. The molecule has 4 nitrogen and oxygen atoms in total. The molecule has 0 bridgehead atoms. The Morgan fingerprint density at radius 2 is 1.62 bits per heavy atom. The first-order chi connectivity index (χ1) is 17.7. The lowest BCUT2D eigenvalue weighted by Gasteiger charge is -2.31. The minimum atomic E-state index is -3.49. The van der Waals surface area contributed by atoms with E-state index in [2.05, 4.69) is 55.7 Å². The van der Waals surface area contributed by atoms with Crippen LogP contribution in [0.4, 0.5) is 0 Å². The number of sulfonamides is 1. The molecule has 0 atom stereocenters. The molecule has 0 amide bonds. The zero-order valence-electron chi connectivity index (χ0n) is 21.8. The molecule has 0 spiro atoms. The van der Waals surface area contributed by atoms with Gasteiger partial charge in [-0.25, -0.2) is 8.42 Å². The van der Waals surface area contributed by atoms with Crippen LogP contribution in [0.3, 0.4) is 0 Å². The number of para-hydroxylation sites is 1. The summed E-state index contributed by atoms with van der Waals surface area (Å²) in [6.45, 7) is 8.37. The number of rotatable bonds is 7. The number of halogens is 1. The number of aromatic nitrogens is 1. The van der Waals surface area contributed by atoms with E-state index < -0.39 is 10.0 Å². The molecule has 0 aliphatic carbocycles. The Morgan fingerprint density at radius 3 is 2.30 bits per heavy atom. The van der Waals surface area contributed by atoms with Crippen LogP contribution in [-0.2, 0) is 23.0 Å². The molecule has 0 radical (unpaired) electrons. The third-order valence-corrected chi connectivity index (χ3v) is 9.72. The molecular formula is C31H35ClN2O2S. The van der Waals surface area contributed by atoms with E-state index in [-0.39, 0.29) is 0 Å². The van der Waals surface area contributed by atoms with Gasteiger partial charge in [-0.1, -0.05) is 67.9 Å². The van der Waals surface area contributed by atoms with Crippen LogP contribution in [-0.4, -0.2) is 30.4 Å². The maximum atomic E-state index is 13.4. The summed E-state index contributed by atoms with van der Waals surface area (Å²) in [7, 11) is -3.49. The van der Waals surface area contributed by atoms with Crippen LogP contribution in [0.5, 0.6) is 0 Å². The van der Waals surface area contributed by atoms with Crippen LogP contribution in [0.1, 0.15) is 55.0 Å². The number of hydrogen-bond acceptors (Lipinski definition) is 2. The van der Waals surface area contributed by atoms with Gasteiger partial charge in [0.1, 0.15) is 0 Å². The molecule has 3 aromatic carbocycles. The smallest absolute Gasteiger partial charge is 0.243 e. The number of nitrogens with zero attached hydrogens (tertiary/aromatic N) is 2. The average molecular weight is 535 g/mol. The van der Waals surface area contributed by atoms with Gasteiger partial charge in [-0.2, -0.15) is 4.31 Å². The van der Waals surface area contributed by atoms with Crippen molar-refractivity contribution in [2.45, 2.75) is 57.4 Å². The van der Waals surface area contributed by atoms with Gasteiger partial charge in [-0.15, -0.1) is 0 Å². The van der Waals surface area contributed by atoms with E-state index in [1.54, 1.807) is 16.4 Å². The first kappa shape index (κ1) is 26.0. The monoisotopic (exact) mass is 534 g/mol. The molecule has 1 aliphatic heterocycles. The lowest BCUT2D eigenvalue weighted by atomic mass is 9.88. The van der Waals surface area contributed by atoms with Gasteiger partial charge < -0.3 is 4.57 Å². The highest BCUT2D eigenvalue weighted by Gasteiger charge is 2.32. The number of piperidine rings is 1. The highest BCUT2D eigenvalue weighted by Crippen LogP contribution is 2.38. The predicted octanol–water partition coefficient (Wildman–Crippen LogP) is 7.42. The normalized spacial score (nSPS) is 15.6. The second-order valence-corrected chi connectivity index (χ2v) is 13.0. The Kier molecular flexibility index (Phi) is 7.49. The predicted molar refractivity (Wildman–Crippen MR) is 153 cm³/mol. The molecule has 4 aromatic rings. The molecule has 6 heteroatoms. The molecule has 0 saturated carbocycles. The van der Waals surface area contributed by atoms with Gasteiger partial charge in [0.2, 0.25) is 10.0 Å². The summed E-state index contributed by atoms with van der Waals surface area (Å²) in [5.74, 6) is 0.867. The van der Waals surface area contributed by atoms with Crippen molar-refractivity contribution < 1.29 is 8.42 Å². The standard InChI is InChI=1S/C31H35ClN2O2S/c1-22(2)19-24-11-13-28(14-12-24)37(35,36)33-17-15-26(16-18-33)31-23(3)34(30-10-5-4-9-29(30)31)21-25-7-6-8-27(32)20-25/h4-14,20,22,26H,15-19,21H2,1-3H3. The van der Waals surface area contributed by atoms with Crippen molar-refractivity contribution in [3.05, 3.63) is 100 Å². The maximum Gasteiger partial charge on any atom is 0.243 e. The highest BCUT2D eigenvalue weighted by molar-refractivity contribution is 7.89. The molecule has 0 N–H and O–H groups in total. The fourth-order valence-corrected chi connectivity index (χ4v) is 7.48. The molecule has 1 aromatic heterocycles. The summed E-state index contributed by atoms with van der Waals surface area (Å²) in [6.07, 6.45) is 2.59. The zero-order chi connectivity index (χ0) is 26.2. The average Bonchev–Trinajstić information content (AvgIpc) is 3.15. The third kappa shape index (κ3) is 5.36. The lowest BCUT2D eigenvalue weighted by Crippen LogP contribution is -2.38. The third-order valence-electron chi connectivity index (χ3n) is 7.58. The molecule has 194 valence electrons. The fourth-order valence-electron chi connectivity index (χ4n) is 5.80. The second-order valence-electron chi connectivity index (χ2n) is 10.7. The van der Waals surface area contributed by atoms with Crippen molar-refractivity contribution in [2.24, 2.45) is 5.92 Å². The quantitative estimate of drug-likeness (QED) is 0.247. The van der Waals surface area contributed by atoms with Gasteiger partial charge in [-0.3, -0.25) is 0 Å². The molecule has 37 heavy (non-hydrogen) atoms. The second kappa shape index (κ2) is 10.6. The summed E-state index contributed by atoms with van der Waals surface area (Å²) < 4.78 is 30.8. The van der Waals surface area contributed by atoms with Crippen LogP contribution in [0, 0.1) is 12.8 Å². The fraction of sp³-hybridized carbons (Fsp3) is 0.355. The van der Waals surface area contributed by atoms with Crippen LogP contribution in [0.25, 0.3) is 10.9 Å². The van der Waals surface area contributed by atoms with Crippen LogP contribution >= 0.6 is 11.6 Å². The molecular weight excluding hydrogens is 500 g/mol. The van der Waals surface area contributed by atoms with Gasteiger partial charge in [-0.05, 0) is 85.0 Å². The Bertz CT molecular complexity index is 1500. The zero-order valence-corrected chi connectivity index (χ0v) is 23.4. The minimum Gasteiger partial charge on any atom is -0.340 e. The van der Waals surface area contributed by atoms with Gasteiger partial charge in [0.15, 0.2) is 0 Å². The molecule has 2 heterocycles. The molecule has 1 saturated heterocycles. The summed E-state index contributed by atoms with van der Waals surface area (Å²) in [4.78, 5) is 0.396. The van der Waals surface area contributed by atoms with E-state index in [4.69, 9.17) is 11.6 Å². The van der Waals surface area contributed by atoms with Crippen molar-refractivity contribution in [3.63, 3.8) is 0 Å². The van der Waals surface area contributed by atoms with Crippen LogP contribution in [0.15, 0.2) is 77.7 Å². The Hall–Kier alpha value is -2.60. The first-order valence-corrected chi connectivity index (χ1v) is 15.0. The van der Waals surface area contributed by atoms with E-state index in [0.717, 1.165) is 30.8 Å².